The number of hydrogen-bond acceptors (Lipinski definition) is 3. The Labute approximate surface area is 82.0 Å². The number of carboxylic acid groups (broad SMARTS) is 2. The summed E-state index contributed by atoms with van der Waals surface area (Å²) < 4.78 is 0. The molecule has 0 fully saturated rings. The van der Waals surface area contributed by atoms with Crippen LogP contribution >= 0.6 is 0 Å². The molecule has 0 saturated carbocycles. The number of carbonyl (C=O) groups is 2. The summed E-state index contributed by atoms with van der Waals surface area (Å²) in [6, 6.07) is 1.56. The van der Waals surface area contributed by atoms with Gasteiger partial charge in [-0.2, -0.15) is 5.26 Å². The van der Waals surface area contributed by atoms with Crippen molar-refractivity contribution >= 4 is 11.9 Å². The van der Waals surface area contributed by atoms with Gasteiger partial charge in [0.2, 0.25) is 0 Å². The van der Waals surface area contributed by atoms with Gasteiger partial charge in [0.25, 0.3) is 0 Å². The molecule has 2 atom stereocenters. The van der Waals surface area contributed by atoms with Gasteiger partial charge in [-0.05, 0) is 12.8 Å². The number of rotatable bonds is 4. The van der Waals surface area contributed by atoms with Gasteiger partial charge in [-0.25, -0.2) is 0 Å². The van der Waals surface area contributed by atoms with Crippen LogP contribution in [-0.4, -0.2) is 22.2 Å². The molecule has 0 radical (unpaired) electrons. The Kier molecular flexibility index (Phi) is 3.63. The van der Waals surface area contributed by atoms with Crippen LogP contribution in [0.4, 0.5) is 0 Å². The molecular formula is C9H13NO4. The molecule has 0 saturated heterocycles. The van der Waals surface area contributed by atoms with Gasteiger partial charge in [0.1, 0.15) is 0 Å². The lowest BCUT2D eigenvalue weighted by Crippen LogP contribution is -2.42. The molecule has 2 N–H and O–H groups in total. The van der Waals surface area contributed by atoms with E-state index in [2.05, 4.69) is 0 Å². The topological polar surface area (TPSA) is 98.4 Å². The SMILES string of the molecule is CC(C)C(C(=O)O)C(C)(C#N)C(=O)O. The third-order valence-electron chi connectivity index (χ3n) is 2.23. The minimum atomic E-state index is -1.88. The van der Waals surface area contributed by atoms with Gasteiger partial charge in [-0.15, -0.1) is 0 Å². The van der Waals surface area contributed by atoms with E-state index in [0.717, 1.165) is 6.92 Å². The van der Waals surface area contributed by atoms with Gasteiger partial charge < -0.3 is 10.2 Å². The average molecular weight is 199 g/mol. The minimum Gasteiger partial charge on any atom is -0.481 e. The second-order valence-electron chi connectivity index (χ2n) is 3.68. The molecule has 0 amide bonds. The molecule has 5 nitrogen and oxygen atoms in total. The van der Waals surface area contributed by atoms with Crippen LogP contribution in [0.15, 0.2) is 0 Å². The highest BCUT2D eigenvalue weighted by atomic mass is 16.4. The molecule has 0 spiro atoms. The smallest absolute Gasteiger partial charge is 0.324 e. The zero-order valence-electron chi connectivity index (χ0n) is 8.31. The highest BCUT2D eigenvalue weighted by molar-refractivity contribution is 5.85. The highest BCUT2D eigenvalue weighted by Gasteiger charge is 2.47. The predicted molar refractivity (Wildman–Crippen MR) is 47.3 cm³/mol. The molecule has 0 aromatic carbocycles. The first kappa shape index (κ1) is 12.4. The van der Waals surface area contributed by atoms with Crippen molar-refractivity contribution in [1.82, 2.24) is 0 Å². The molecule has 0 aromatic rings. The Morgan fingerprint density at radius 3 is 1.86 bits per heavy atom. The lowest BCUT2D eigenvalue weighted by atomic mass is 9.72. The van der Waals surface area contributed by atoms with E-state index in [0.29, 0.717) is 0 Å². The van der Waals surface area contributed by atoms with Crippen molar-refractivity contribution in [3.8, 4) is 6.07 Å². The number of nitrogens with zero attached hydrogens (tertiary/aromatic N) is 1. The summed E-state index contributed by atoms with van der Waals surface area (Å²) in [6.45, 7) is 4.29. The van der Waals surface area contributed by atoms with Crippen molar-refractivity contribution < 1.29 is 19.8 Å². The Morgan fingerprint density at radius 2 is 1.79 bits per heavy atom. The molecule has 0 aliphatic carbocycles. The van der Waals surface area contributed by atoms with Gasteiger partial charge in [0, 0.05) is 0 Å². The van der Waals surface area contributed by atoms with E-state index in [1.54, 1.807) is 19.9 Å². The largest absolute Gasteiger partial charge is 0.481 e. The van der Waals surface area contributed by atoms with Crippen molar-refractivity contribution in [3.05, 3.63) is 0 Å². The van der Waals surface area contributed by atoms with Gasteiger partial charge >= 0.3 is 11.9 Å². The summed E-state index contributed by atoms with van der Waals surface area (Å²) in [5.74, 6) is -4.27. The molecule has 2 unspecified atom stereocenters. The first-order valence-corrected chi connectivity index (χ1v) is 4.14. The Hall–Kier alpha value is -1.57. The summed E-state index contributed by atoms with van der Waals surface area (Å²) in [5.41, 5.74) is -1.88. The van der Waals surface area contributed by atoms with Gasteiger partial charge in [-0.1, -0.05) is 13.8 Å². The van der Waals surface area contributed by atoms with Crippen molar-refractivity contribution in [2.45, 2.75) is 20.8 Å². The lowest BCUT2D eigenvalue weighted by Gasteiger charge is -2.27. The molecule has 0 aromatic heterocycles. The number of nitriles is 1. The highest BCUT2D eigenvalue weighted by Crippen LogP contribution is 2.33. The molecule has 14 heavy (non-hydrogen) atoms. The fraction of sp³-hybridized carbons (Fsp3) is 0.667. The third-order valence-corrected chi connectivity index (χ3v) is 2.23. The maximum atomic E-state index is 10.8. The van der Waals surface area contributed by atoms with E-state index in [1.807, 2.05) is 0 Å². The Morgan fingerprint density at radius 1 is 1.36 bits per heavy atom. The fourth-order valence-corrected chi connectivity index (χ4v) is 1.45. The summed E-state index contributed by atoms with van der Waals surface area (Å²) in [4.78, 5) is 21.7. The van der Waals surface area contributed by atoms with Gasteiger partial charge in [-0.3, -0.25) is 9.59 Å². The monoisotopic (exact) mass is 199 g/mol. The number of hydrogen-bond donors (Lipinski definition) is 2. The quantitative estimate of drug-likeness (QED) is 0.702. The molecule has 5 heteroatoms. The van der Waals surface area contributed by atoms with E-state index in [1.165, 1.54) is 0 Å². The van der Waals surface area contributed by atoms with Crippen molar-refractivity contribution in [1.29, 1.82) is 5.26 Å². The molecule has 0 rings (SSSR count). The van der Waals surface area contributed by atoms with Crippen LogP contribution in [0.1, 0.15) is 20.8 Å². The summed E-state index contributed by atoms with van der Waals surface area (Å²) in [6.07, 6.45) is 0. The van der Waals surface area contributed by atoms with E-state index >= 15 is 0 Å². The van der Waals surface area contributed by atoms with Crippen LogP contribution in [0.3, 0.4) is 0 Å². The van der Waals surface area contributed by atoms with Crippen LogP contribution in [0, 0.1) is 28.6 Å². The van der Waals surface area contributed by atoms with Gasteiger partial charge in [0.05, 0.1) is 12.0 Å². The predicted octanol–water partition coefficient (Wildman–Crippen LogP) is 0.958. The fourth-order valence-electron chi connectivity index (χ4n) is 1.45. The van der Waals surface area contributed by atoms with E-state index in [-0.39, 0.29) is 0 Å². The summed E-state index contributed by atoms with van der Waals surface area (Å²) in [5, 5.41) is 26.4. The molecule has 0 heterocycles. The van der Waals surface area contributed by atoms with Gasteiger partial charge in [0.15, 0.2) is 5.41 Å². The molecular weight excluding hydrogens is 186 g/mol. The van der Waals surface area contributed by atoms with Crippen molar-refractivity contribution in [3.63, 3.8) is 0 Å². The van der Waals surface area contributed by atoms with Crippen LogP contribution in [0.25, 0.3) is 0 Å². The Bertz CT molecular complexity index is 292. The van der Waals surface area contributed by atoms with E-state index < -0.39 is 29.2 Å². The lowest BCUT2D eigenvalue weighted by molar-refractivity contribution is -0.159. The number of carboxylic acids is 2. The molecule has 0 aliphatic rings. The Balaban J connectivity index is 5.28. The van der Waals surface area contributed by atoms with Crippen molar-refractivity contribution in [2.75, 3.05) is 0 Å². The first-order chi connectivity index (χ1) is 6.27. The standard InChI is InChI=1S/C9H13NO4/c1-5(2)6(7(11)12)9(3,4-10)8(13)14/h5-6H,1-3H3,(H,11,12)(H,13,14). The molecule has 78 valence electrons. The van der Waals surface area contributed by atoms with Crippen LogP contribution in [0.2, 0.25) is 0 Å². The van der Waals surface area contributed by atoms with E-state index in [4.69, 9.17) is 15.5 Å². The average Bonchev–Trinajstić information content (AvgIpc) is 2.02. The second-order valence-corrected chi connectivity index (χ2v) is 3.68. The summed E-state index contributed by atoms with van der Waals surface area (Å²) >= 11 is 0. The minimum absolute atomic E-state index is 0.409. The van der Waals surface area contributed by atoms with E-state index in [9.17, 15) is 9.59 Å². The first-order valence-electron chi connectivity index (χ1n) is 4.14. The maximum absolute atomic E-state index is 10.8. The van der Waals surface area contributed by atoms with Crippen LogP contribution in [-0.2, 0) is 9.59 Å². The van der Waals surface area contributed by atoms with Crippen molar-refractivity contribution in [2.24, 2.45) is 17.3 Å². The zero-order chi connectivity index (χ0) is 11.5. The third kappa shape index (κ3) is 2.02. The zero-order valence-corrected chi connectivity index (χ0v) is 8.31. The molecule has 0 bridgehead atoms. The maximum Gasteiger partial charge on any atom is 0.324 e. The second kappa shape index (κ2) is 4.09. The molecule has 0 aliphatic heterocycles. The van der Waals surface area contributed by atoms with Crippen LogP contribution < -0.4 is 0 Å². The number of aliphatic carboxylic acids is 2. The summed E-state index contributed by atoms with van der Waals surface area (Å²) in [7, 11) is 0. The normalized spacial score (nSPS) is 16.8. The van der Waals surface area contributed by atoms with Crippen LogP contribution in [0.5, 0.6) is 0 Å².